The van der Waals surface area contributed by atoms with Gasteiger partial charge < -0.3 is 0 Å². The van der Waals surface area contributed by atoms with Crippen molar-refractivity contribution in [2.45, 2.75) is 6.42 Å². The predicted molar refractivity (Wildman–Crippen MR) is 101 cm³/mol. The molecule has 1 fully saturated rings. The van der Waals surface area contributed by atoms with Crippen molar-refractivity contribution in [1.82, 2.24) is 20.6 Å². The molecule has 0 saturated carbocycles. The minimum atomic E-state index is -3.22. The van der Waals surface area contributed by atoms with Gasteiger partial charge in [0.2, 0.25) is 17.1 Å². The monoisotopic (exact) mass is 525 g/mol. The van der Waals surface area contributed by atoms with Gasteiger partial charge in [0.25, 0.3) is 0 Å². The SMILES string of the molecule is O=C1CC(=O)NC(=O)N1.O=Cc1c(Cl)nc(Cl)nc1Cl.O=P(Cl)(Cl)Cl.[2H]CF. The molecule has 2 rings (SSSR count). The summed E-state index contributed by atoms with van der Waals surface area (Å²) in [7, 11) is -1.00. The first-order valence-electron chi connectivity index (χ1n) is 6.47. The molecule has 0 aromatic carbocycles. The normalized spacial score (nSPS) is 13.1. The van der Waals surface area contributed by atoms with Crippen LogP contribution < -0.4 is 10.6 Å². The highest BCUT2D eigenvalue weighted by atomic mass is 36.0. The fourth-order valence-electron chi connectivity index (χ4n) is 1.01. The summed E-state index contributed by atoms with van der Waals surface area (Å²) in [5, 5.41) is 0.425. The molecular formula is C10H8Cl6FN4O5P. The van der Waals surface area contributed by atoms with Crippen LogP contribution in [0.3, 0.4) is 0 Å². The number of urea groups is 1. The Hall–Kier alpha value is -0.740. The molecular weight excluding hydrogens is 519 g/mol. The zero-order valence-electron chi connectivity index (χ0n) is 13.5. The quantitative estimate of drug-likeness (QED) is 0.182. The van der Waals surface area contributed by atoms with E-state index in [1.807, 2.05) is 10.6 Å². The first-order chi connectivity index (χ1) is 12.7. The molecule has 0 atom stereocenters. The first-order valence-corrected chi connectivity index (χ1v) is 11.3. The number of aldehydes is 1. The van der Waals surface area contributed by atoms with E-state index in [0.717, 1.165) is 0 Å². The van der Waals surface area contributed by atoms with Gasteiger partial charge in [-0.25, -0.2) is 14.8 Å². The first kappa shape index (κ1) is 26.3. The number of halogens is 7. The van der Waals surface area contributed by atoms with Crippen LogP contribution in [0.1, 0.15) is 18.1 Å². The van der Waals surface area contributed by atoms with Gasteiger partial charge >= 0.3 is 11.2 Å². The number of carbonyl (C=O) groups excluding carboxylic acids is 4. The van der Waals surface area contributed by atoms with Crippen molar-refractivity contribution < 1.29 is 29.5 Å². The Balaban J connectivity index is 0. The summed E-state index contributed by atoms with van der Waals surface area (Å²) in [5.41, 5.74) is 0.0535. The van der Waals surface area contributed by atoms with Crippen LogP contribution in [-0.2, 0) is 14.2 Å². The lowest BCUT2D eigenvalue weighted by molar-refractivity contribution is -0.129. The van der Waals surface area contributed by atoms with Crippen LogP contribution >= 0.6 is 73.7 Å². The Bertz CT molecular complexity index is 693. The molecule has 2 heterocycles. The molecule has 9 nitrogen and oxygen atoms in total. The van der Waals surface area contributed by atoms with E-state index in [1.165, 1.54) is 0 Å². The van der Waals surface area contributed by atoms with Gasteiger partial charge in [0.05, 0.1) is 14.1 Å². The van der Waals surface area contributed by atoms with Crippen LogP contribution in [0, 0.1) is 0 Å². The summed E-state index contributed by atoms with van der Waals surface area (Å²) in [6, 6.07) is -0.740. The van der Waals surface area contributed by atoms with Crippen LogP contribution in [-0.4, -0.2) is 41.3 Å². The van der Waals surface area contributed by atoms with Gasteiger partial charge in [0, 0.05) is 0 Å². The van der Waals surface area contributed by atoms with E-state index in [2.05, 4.69) is 43.7 Å². The molecule has 0 aliphatic carbocycles. The largest absolute Gasteiger partial charge is 0.339 e. The molecule has 152 valence electrons. The summed E-state index contributed by atoms with van der Waals surface area (Å²) in [6.45, 7) is 0. The number of hydrogen-bond acceptors (Lipinski definition) is 7. The van der Waals surface area contributed by atoms with E-state index in [-0.39, 0.29) is 27.6 Å². The molecule has 2 N–H and O–H groups in total. The summed E-state index contributed by atoms with van der Waals surface area (Å²) >= 11 is 30.2. The van der Waals surface area contributed by atoms with Gasteiger partial charge in [0.15, 0.2) is 6.29 Å². The number of aromatic nitrogens is 2. The van der Waals surface area contributed by atoms with Crippen molar-refractivity contribution in [1.29, 1.82) is 0 Å². The summed E-state index contributed by atoms with van der Waals surface area (Å²) in [5.74, 6) is -1.10. The van der Waals surface area contributed by atoms with E-state index in [1.54, 1.807) is 0 Å². The smallest absolute Gasteiger partial charge is 0.298 e. The highest BCUT2D eigenvalue weighted by Gasteiger charge is 2.20. The van der Waals surface area contributed by atoms with Crippen molar-refractivity contribution in [2.24, 2.45) is 0 Å². The minimum absolute atomic E-state index is 0.0370. The molecule has 1 saturated heterocycles. The van der Waals surface area contributed by atoms with Crippen LogP contribution in [0.25, 0.3) is 0 Å². The second-order valence-corrected chi connectivity index (χ2v) is 11.3. The number of rotatable bonds is 1. The van der Waals surface area contributed by atoms with Crippen LogP contribution in [0.15, 0.2) is 0 Å². The molecule has 0 radical (unpaired) electrons. The van der Waals surface area contributed by atoms with Gasteiger partial charge in [0.1, 0.15) is 16.7 Å². The maximum Gasteiger partial charge on any atom is 0.339 e. The Morgan fingerprint density at radius 3 is 1.67 bits per heavy atom. The van der Waals surface area contributed by atoms with E-state index in [0.29, 0.717) is 6.29 Å². The second kappa shape index (κ2) is 14.3. The maximum absolute atomic E-state index is 10.3. The molecule has 1 aliphatic heterocycles. The Morgan fingerprint density at radius 1 is 1.07 bits per heavy atom. The summed E-state index contributed by atoms with van der Waals surface area (Å²) in [6.07, 6.45) is 0.215. The standard InChI is InChI=1S/C5HCl3N2O.C4H4N2O3.CH3F.Cl3OP/c6-3-2(1-11)4(7)10-5(8)9-3;7-2-1-3(8)6-4(9)5-2;1-2;1-5(2,3)4/h1H;1H2,(H2,5,6,7,8,9);1H3;/i;;1D;. The van der Waals surface area contributed by atoms with E-state index >= 15 is 0 Å². The van der Waals surface area contributed by atoms with Crippen molar-refractivity contribution in [2.75, 3.05) is 7.15 Å². The number of nitrogens with one attached hydrogen (secondary N) is 2. The van der Waals surface area contributed by atoms with Crippen LogP contribution in [0.5, 0.6) is 0 Å². The third kappa shape index (κ3) is 16.0. The number of alkyl halides is 1. The number of imide groups is 2. The van der Waals surface area contributed by atoms with Gasteiger partial charge in [-0.2, -0.15) is 0 Å². The zero-order chi connectivity index (χ0) is 22.5. The van der Waals surface area contributed by atoms with Crippen molar-refractivity contribution >= 4 is 97.9 Å². The Kier molecular flexibility index (Phi) is 13.9. The Morgan fingerprint density at radius 2 is 1.41 bits per heavy atom. The van der Waals surface area contributed by atoms with Crippen LogP contribution in [0.2, 0.25) is 15.6 Å². The number of nitrogens with zero attached hydrogens (tertiary/aromatic N) is 2. The predicted octanol–water partition coefficient (Wildman–Crippen LogP) is 4.39. The fourth-order valence-corrected chi connectivity index (χ4v) is 1.74. The molecule has 0 bridgehead atoms. The molecule has 0 spiro atoms. The highest BCUT2D eigenvalue weighted by Crippen LogP contribution is 2.61. The van der Waals surface area contributed by atoms with E-state index in [9.17, 15) is 28.1 Å². The van der Waals surface area contributed by atoms with E-state index in [4.69, 9.17) is 36.2 Å². The Labute approximate surface area is 182 Å². The maximum atomic E-state index is 10.3. The molecule has 1 aliphatic rings. The average molecular weight is 528 g/mol. The fraction of sp³-hybridized carbons (Fsp3) is 0.200. The molecule has 0 unspecified atom stereocenters. The van der Waals surface area contributed by atoms with Gasteiger partial charge in [-0.1, -0.05) is 23.2 Å². The molecule has 1 aromatic rings. The van der Waals surface area contributed by atoms with E-state index < -0.39 is 30.2 Å². The lowest BCUT2D eigenvalue weighted by atomic mass is 10.3. The highest BCUT2D eigenvalue weighted by molar-refractivity contribution is 8.24. The summed E-state index contributed by atoms with van der Waals surface area (Å²) < 4.78 is 25.0. The van der Waals surface area contributed by atoms with Gasteiger partial charge in [-0.3, -0.25) is 34.0 Å². The topological polar surface area (TPSA) is 135 Å². The zero-order valence-corrected chi connectivity index (χ0v) is 18.0. The van der Waals surface area contributed by atoms with Crippen LogP contribution in [0.4, 0.5) is 9.18 Å². The third-order valence-electron chi connectivity index (χ3n) is 1.77. The molecule has 17 heteroatoms. The molecule has 4 amide bonds. The average Bonchev–Trinajstić information content (AvgIpc) is 2.44. The third-order valence-corrected chi connectivity index (χ3v) is 2.52. The second-order valence-electron chi connectivity index (χ2n) is 3.61. The van der Waals surface area contributed by atoms with Crippen molar-refractivity contribution in [3.8, 4) is 0 Å². The lowest BCUT2D eigenvalue weighted by Gasteiger charge is -2.09. The summed E-state index contributed by atoms with van der Waals surface area (Å²) in [4.78, 5) is 48.1. The number of amides is 4. The number of carbonyl (C=O) groups is 4. The van der Waals surface area contributed by atoms with Gasteiger partial charge in [-0.05, 0) is 45.3 Å². The minimum Gasteiger partial charge on any atom is -0.298 e. The number of hydrogen-bond donors (Lipinski definition) is 2. The lowest BCUT2D eigenvalue weighted by Crippen LogP contribution is -2.49. The van der Waals surface area contributed by atoms with Gasteiger partial charge in [-0.15, -0.1) is 0 Å². The van der Waals surface area contributed by atoms with Crippen molar-refractivity contribution in [3.05, 3.63) is 21.2 Å². The van der Waals surface area contributed by atoms with Crippen molar-refractivity contribution in [3.63, 3.8) is 0 Å². The molecule has 27 heavy (non-hydrogen) atoms. The molecule has 1 aromatic heterocycles. The number of barbiturate groups is 1.